The van der Waals surface area contributed by atoms with Gasteiger partial charge in [0.15, 0.2) is 0 Å². The fraction of sp³-hybridized carbons (Fsp3) is 0.591. The summed E-state index contributed by atoms with van der Waals surface area (Å²) in [5.41, 5.74) is 1.33. The van der Waals surface area contributed by atoms with Crippen LogP contribution in [0.25, 0.3) is 0 Å². The number of nitrogens with one attached hydrogen (secondary N) is 1. The Hall–Kier alpha value is -2.97. The van der Waals surface area contributed by atoms with E-state index in [9.17, 15) is 14.4 Å². The third kappa shape index (κ3) is 4.00. The number of hydrogen-bond donors (Lipinski definition) is 1. The second-order valence-corrected chi connectivity index (χ2v) is 8.86. The highest BCUT2D eigenvalue weighted by atomic mass is 16.2. The van der Waals surface area contributed by atoms with E-state index in [0.717, 1.165) is 31.4 Å². The average Bonchev–Trinajstić information content (AvgIpc) is 3.42. The van der Waals surface area contributed by atoms with Crippen LogP contribution in [0.2, 0.25) is 0 Å². The van der Waals surface area contributed by atoms with Gasteiger partial charge in [0.25, 0.3) is 5.56 Å². The number of aromatic nitrogens is 4. The standard InChI is InChI=1S/C22H28N6O3/c29-19(7-12-28-9-2-8-23-28)26-10-5-16(13-26)20-24-18-14-27(22(31)15-3-1-4-15)11-6-17(18)21(30)25-20/h2,8-9,15-16H,1,3-7,10-14H2,(H,24,25,30). The first-order valence-corrected chi connectivity index (χ1v) is 11.2. The Kier molecular flexibility index (Phi) is 5.33. The van der Waals surface area contributed by atoms with Gasteiger partial charge in [-0.05, 0) is 31.7 Å². The van der Waals surface area contributed by atoms with E-state index in [1.165, 1.54) is 0 Å². The van der Waals surface area contributed by atoms with Crippen LogP contribution in [-0.4, -0.2) is 61.0 Å². The lowest BCUT2D eigenvalue weighted by Gasteiger charge is -2.34. The number of hydrogen-bond acceptors (Lipinski definition) is 5. The first-order valence-electron chi connectivity index (χ1n) is 11.2. The molecule has 1 saturated carbocycles. The molecule has 2 amide bonds. The van der Waals surface area contributed by atoms with Gasteiger partial charge >= 0.3 is 0 Å². The predicted octanol–water partition coefficient (Wildman–Crippen LogP) is 1.06. The highest BCUT2D eigenvalue weighted by Gasteiger charge is 2.34. The van der Waals surface area contributed by atoms with Crippen LogP contribution in [0.3, 0.4) is 0 Å². The number of nitrogens with zero attached hydrogens (tertiary/aromatic N) is 5. The van der Waals surface area contributed by atoms with Crippen molar-refractivity contribution < 1.29 is 9.59 Å². The lowest BCUT2D eigenvalue weighted by Crippen LogP contribution is -2.43. The molecule has 3 aliphatic rings. The summed E-state index contributed by atoms with van der Waals surface area (Å²) in [6.07, 6.45) is 8.36. The SMILES string of the molecule is O=C(CCn1cccn1)N1CCC(c2nc3c(c(=O)[nH]2)CCN(C(=O)C2CCC2)C3)C1. The van der Waals surface area contributed by atoms with E-state index in [4.69, 9.17) is 4.98 Å². The van der Waals surface area contributed by atoms with Crippen LogP contribution in [0, 0.1) is 5.92 Å². The van der Waals surface area contributed by atoms with Crippen LogP contribution in [0.15, 0.2) is 23.3 Å². The average molecular weight is 425 g/mol. The van der Waals surface area contributed by atoms with Crippen molar-refractivity contribution in [2.24, 2.45) is 5.92 Å². The van der Waals surface area contributed by atoms with Crippen LogP contribution in [0.5, 0.6) is 0 Å². The smallest absolute Gasteiger partial charge is 0.254 e. The highest BCUT2D eigenvalue weighted by Crippen LogP contribution is 2.30. The number of aromatic amines is 1. The Morgan fingerprint density at radius 2 is 2.03 bits per heavy atom. The van der Waals surface area contributed by atoms with Crippen LogP contribution in [-0.2, 0) is 29.1 Å². The lowest BCUT2D eigenvalue weighted by atomic mass is 9.84. The van der Waals surface area contributed by atoms with Gasteiger partial charge in [0.1, 0.15) is 5.82 Å². The van der Waals surface area contributed by atoms with E-state index in [1.807, 2.05) is 22.1 Å². The molecule has 9 nitrogen and oxygen atoms in total. The maximum atomic E-state index is 12.7. The molecule has 2 aliphatic heterocycles. The van der Waals surface area contributed by atoms with Crippen LogP contribution in [0.1, 0.15) is 55.1 Å². The summed E-state index contributed by atoms with van der Waals surface area (Å²) < 4.78 is 1.75. The summed E-state index contributed by atoms with van der Waals surface area (Å²) in [4.78, 5) is 49.3. The van der Waals surface area contributed by atoms with E-state index in [2.05, 4.69) is 10.1 Å². The molecule has 0 bridgehead atoms. The van der Waals surface area contributed by atoms with Gasteiger partial charge < -0.3 is 14.8 Å². The van der Waals surface area contributed by atoms with Crippen LogP contribution >= 0.6 is 0 Å². The Balaban J connectivity index is 1.25. The summed E-state index contributed by atoms with van der Waals surface area (Å²) in [7, 11) is 0. The molecule has 1 unspecified atom stereocenters. The van der Waals surface area contributed by atoms with Crippen molar-refractivity contribution in [1.82, 2.24) is 29.5 Å². The number of amides is 2. The monoisotopic (exact) mass is 424 g/mol. The molecule has 31 heavy (non-hydrogen) atoms. The van der Waals surface area contributed by atoms with Crippen LogP contribution < -0.4 is 5.56 Å². The minimum atomic E-state index is -0.0980. The summed E-state index contributed by atoms with van der Waals surface area (Å²) in [6, 6.07) is 1.84. The third-order valence-corrected chi connectivity index (χ3v) is 6.90. The molecular weight excluding hydrogens is 396 g/mol. The summed E-state index contributed by atoms with van der Waals surface area (Å²) in [5, 5.41) is 4.13. The number of H-pyrrole nitrogens is 1. The zero-order valence-electron chi connectivity index (χ0n) is 17.6. The Labute approximate surface area is 180 Å². The van der Waals surface area contributed by atoms with E-state index >= 15 is 0 Å². The molecule has 1 N–H and O–H groups in total. The Morgan fingerprint density at radius 3 is 2.77 bits per heavy atom. The molecule has 2 aromatic rings. The van der Waals surface area contributed by atoms with Gasteiger partial charge in [0.2, 0.25) is 11.8 Å². The molecule has 2 fully saturated rings. The fourth-order valence-corrected chi connectivity index (χ4v) is 4.76. The van der Waals surface area contributed by atoms with Crippen molar-refractivity contribution in [3.63, 3.8) is 0 Å². The van der Waals surface area contributed by atoms with Gasteiger partial charge in [-0.2, -0.15) is 5.10 Å². The predicted molar refractivity (Wildman–Crippen MR) is 112 cm³/mol. The Morgan fingerprint density at radius 1 is 1.16 bits per heavy atom. The molecule has 1 atom stereocenters. The first-order chi connectivity index (χ1) is 15.1. The molecular formula is C22H28N6O3. The molecule has 1 aliphatic carbocycles. The normalized spacial score (nSPS) is 21.1. The van der Waals surface area contributed by atoms with Gasteiger partial charge in [0, 0.05) is 62.4 Å². The summed E-state index contributed by atoms with van der Waals surface area (Å²) in [5.74, 6) is 1.11. The molecule has 5 rings (SSSR count). The second-order valence-electron chi connectivity index (χ2n) is 8.86. The second kappa shape index (κ2) is 8.28. The zero-order chi connectivity index (χ0) is 21.4. The molecule has 164 valence electrons. The van der Waals surface area contributed by atoms with Crippen molar-refractivity contribution in [3.8, 4) is 0 Å². The van der Waals surface area contributed by atoms with Gasteiger partial charge in [0.05, 0.1) is 12.2 Å². The van der Waals surface area contributed by atoms with E-state index in [0.29, 0.717) is 57.0 Å². The summed E-state index contributed by atoms with van der Waals surface area (Å²) in [6.45, 7) is 2.79. The lowest BCUT2D eigenvalue weighted by molar-refractivity contribution is -0.139. The molecule has 0 radical (unpaired) electrons. The van der Waals surface area contributed by atoms with Crippen LogP contribution in [0.4, 0.5) is 0 Å². The number of fused-ring (bicyclic) bond motifs is 1. The largest absolute Gasteiger partial charge is 0.342 e. The van der Waals surface area contributed by atoms with Crippen molar-refractivity contribution >= 4 is 11.8 Å². The topological polar surface area (TPSA) is 104 Å². The number of aryl methyl sites for hydroxylation is 1. The fourth-order valence-electron chi connectivity index (χ4n) is 4.76. The van der Waals surface area contributed by atoms with E-state index in [-0.39, 0.29) is 29.2 Å². The van der Waals surface area contributed by atoms with Gasteiger partial charge in [-0.1, -0.05) is 6.42 Å². The number of likely N-dealkylation sites (tertiary alicyclic amines) is 1. The molecule has 4 heterocycles. The van der Waals surface area contributed by atoms with E-state index in [1.54, 1.807) is 10.9 Å². The third-order valence-electron chi connectivity index (χ3n) is 6.90. The Bertz CT molecular complexity index is 1030. The number of carbonyl (C=O) groups excluding carboxylic acids is 2. The van der Waals surface area contributed by atoms with Crippen molar-refractivity contribution in [3.05, 3.63) is 45.9 Å². The molecule has 0 aromatic carbocycles. The minimum Gasteiger partial charge on any atom is -0.342 e. The van der Waals surface area contributed by atoms with Crippen molar-refractivity contribution in [1.29, 1.82) is 0 Å². The maximum Gasteiger partial charge on any atom is 0.254 e. The molecule has 1 saturated heterocycles. The minimum absolute atomic E-state index is 0.0179. The summed E-state index contributed by atoms with van der Waals surface area (Å²) >= 11 is 0. The van der Waals surface area contributed by atoms with Crippen molar-refractivity contribution in [2.75, 3.05) is 19.6 Å². The quantitative estimate of drug-likeness (QED) is 0.773. The maximum absolute atomic E-state index is 12.7. The van der Waals surface area contributed by atoms with Crippen molar-refractivity contribution in [2.45, 2.75) is 57.5 Å². The van der Waals surface area contributed by atoms with Gasteiger partial charge in [-0.3, -0.25) is 19.1 Å². The van der Waals surface area contributed by atoms with Gasteiger partial charge in [-0.25, -0.2) is 4.98 Å². The zero-order valence-corrected chi connectivity index (χ0v) is 17.6. The molecule has 9 heteroatoms. The molecule has 0 spiro atoms. The first kappa shape index (κ1) is 20.0. The van der Waals surface area contributed by atoms with E-state index < -0.39 is 0 Å². The number of rotatable bonds is 5. The molecule has 2 aromatic heterocycles. The highest BCUT2D eigenvalue weighted by molar-refractivity contribution is 5.79. The number of carbonyl (C=O) groups is 2. The van der Waals surface area contributed by atoms with Gasteiger partial charge in [-0.15, -0.1) is 0 Å².